The molecule has 78 heavy (non-hydrogen) atoms. The minimum atomic E-state index is -2.87. The Morgan fingerprint density at radius 1 is 0.282 bits per heavy atom. The van der Waals surface area contributed by atoms with Gasteiger partial charge in [0.15, 0.2) is 25.5 Å². The van der Waals surface area contributed by atoms with Crippen LogP contribution >= 0.6 is 0 Å². The Morgan fingerprint density at radius 3 is 1.14 bits per heavy atom. The lowest BCUT2D eigenvalue weighted by molar-refractivity contribution is 1.06. The summed E-state index contributed by atoms with van der Waals surface area (Å²) in [6.07, 6.45) is 0. The zero-order chi connectivity index (χ0) is 52.7. The van der Waals surface area contributed by atoms with E-state index in [9.17, 15) is 0 Å². The fourth-order valence-corrected chi connectivity index (χ4v) is 16.7. The smallest absolute Gasteiger partial charge is 0.179 e. The second kappa shape index (κ2) is 20.2. The van der Waals surface area contributed by atoms with Gasteiger partial charge in [-0.25, -0.2) is 15.0 Å². The molecule has 0 aliphatic rings. The molecule has 0 amide bonds. The van der Waals surface area contributed by atoms with Gasteiger partial charge in [-0.2, -0.15) is 0 Å². The fraction of sp³-hybridized carbons (Fsp3) is 0.0548. The normalized spacial score (nSPS) is 11.6. The van der Waals surface area contributed by atoms with Gasteiger partial charge in [-0.05, 0) is 117 Å². The van der Waals surface area contributed by atoms with Crippen molar-refractivity contribution >= 4 is 50.6 Å². The average molecular weight is 1020 g/mol. The molecule has 0 N–H and O–H groups in total. The molecule has 0 radical (unpaired) electrons. The molecule has 13 aromatic rings. The Balaban J connectivity index is 1.11. The first-order chi connectivity index (χ1) is 38.3. The lowest BCUT2D eigenvalue weighted by Crippen LogP contribution is -2.74. The number of hydrogen-bond acceptors (Lipinski definition) is 3. The molecular weight excluding hydrogens is 961 g/mol. The molecule has 11 aromatic carbocycles. The van der Waals surface area contributed by atoms with E-state index >= 15 is 0 Å². The minimum absolute atomic E-state index is 0.586. The van der Waals surface area contributed by atoms with Gasteiger partial charge < -0.3 is 4.57 Å². The van der Waals surface area contributed by atoms with Crippen LogP contribution in [0.25, 0.3) is 95.0 Å². The van der Waals surface area contributed by atoms with Crippen molar-refractivity contribution in [3.63, 3.8) is 0 Å². The third-order valence-corrected chi connectivity index (χ3v) is 20.4. The first-order valence-corrected chi connectivity index (χ1v) is 28.8. The average Bonchev–Trinajstić information content (AvgIpc) is 3.98. The highest BCUT2D eigenvalue weighted by atomic mass is 28.3. The van der Waals surface area contributed by atoms with E-state index in [0.29, 0.717) is 17.5 Å². The number of hydrogen-bond donors (Lipinski definition) is 0. The van der Waals surface area contributed by atoms with Gasteiger partial charge in [-0.15, -0.1) is 0 Å². The molecule has 0 saturated carbocycles. The highest BCUT2D eigenvalue weighted by Crippen LogP contribution is 2.42. The lowest BCUT2D eigenvalue weighted by Gasteiger charge is -2.34. The van der Waals surface area contributed by atoms with Crippen molar-refractivity contribution in [2.75, 3.05) is 0 Å². The second-order valence-corrected chi connectivity index (χ2v) is 24.4. The third-order valence-electron chi connectivity index (χ3n) is 15.6. The predicted molar refractivity (Wildman–Crippen MR) is 329 cm³/mol. The molecule has 4 nitrogen and oxygen atoms in total. The molecule has 0 aliphatic heterocycles. The number of fused-ring (bicyclic) bond motifs is 3. The number of aryl methyl sites for hydroxylation is 4. The third kappa shape index (κ3) is 8.64. The fourth-order valence-electron chi connectivity index (χ4n) is 11.9. The van der Waals surface area contributed by atoms with Crippen molar-refractivity contribution in [3.8, 4) is 73.2 Å². The van der Waals surface area contributed by atoms with Gasteiger partial charge in [0.25, 0.3) is 0 Å². The quantitative estimate of drug-likeness (QED) is 0.0958. The van der Waals surface area contributed by atoms with Crippen LogP contribution in [0.4, 0.5) is 0 Å². The standard InChI is InChI=1S/C73H56N4Si/c1-49-33-38-63(51(3)43-49)57-35-40-65-66-41-36-58(64-39-34-50(2)44-52(64)4)48-70(66)77(69(65)47-57)68-42-37-56(46-67(68)73-75-71(53-21-10-5-11-22-53)74-72(76-73)54-23-12-6-13-24-54)55-25-20-32-62(45-55)78(59-26-14-7-15-27-59,60-28-16-8-17-29-60)61-30-18-9-19-31-61/h5-48H,1-4H3. The van der Waals surface area contributed by atoms with Gasteiger partial charge in [0, 0.05) is 27.5 Å². The van der Waals surface area contributed by atoms with E-state index in [1.54, 1.807) is 0 Å². The SMILES string of the molecule is Cc1ccc(-c2ccc3c4ccc(-c5ccc(C)cc5C)cc4n(-c4ccc(-c5cccc([Si](c6ccccc6)(c6ccccc6)c6ccccc6)c5)cc4-c4nc(-c5ccccc5)nc(-c5ccccc5)n4)c3c2)c(C)c1. The van der Waals surface area contributed by atoms with Crippen LogP contribution in [-0.2, 0) is 0 Å². The summed E-state index contributed by atoms with van der Waals surface area (Å²) >= 11 is 0. The Morgan fingerprint density at radius 2 is 0.679 bits per heavy atom. The van der Waals surface area contributed by atoms with Crippen LogP contribution < -0.4 is 20.7 Å². The molecule has 0 aliphatic carbocycles. The van der Waals surface area contributed by atoms with Crippen LogP contribution in [0.1, 0.15) is 22.3 Å². The van der Waals surface area contributed by atoms with Gasteiger partial charge in [0.2, 0.25) is 0 Å². The summed E-state index contributed by atoms with van der Waals surface area (Å²) in [6.45, 7) is 8.75. The van der Waals surface area contributed by atoms with Crippen molar-refractivity contribution in [1.82, 2.24) is 19.5 Å². The summed E-state index contributed by atoms with van der Waals surface area (Å²) in [6, 6.07) is 97.6. The Kier molecular flexibility index (Phi) is 12.5. The molecule has 2 aromatic heterocycles. The summed E-state index contributed by atoms with van der Waals surface area (Å²) in [7, 11) is -2.87. The van der Waals surface area contributed by atoms with Crippen molar-refractivity contribution in [2.45, 2.75) is 27.7 Å². The Hall–Kier alpha value is -9.55. The van der Waals surface area contributed by atoms with Gasteiger partial charge in [0.1, 0.15) is 0 Å². The maximum absolute atomic E-state index is 5.48. The monoisotopic (exact) mass is 1020 g/mol. The summed E-state index contributed by atoms with van der Waals surface area (Å²) in [5, 5.41) is 7.62. The molecule has 13 rings (SSSR count). The van der Waals surface area contributed by atoms with Crippen LogP contribution in [0, 0.1) is 27.7 Å². The zero-order valence-corrected chi connectivity index (χ0v) is 45.2. The van der Waals surface area contributed by atoms with Crippen molar-refractivity contribution in [2.24, 2.45) is 0 Å². The van der Waals surface area contributed by atoms with Crippen LogP contribution in [-0.4, -0.2) is 27.6 Å². The van der Waals surface area contributed by atoms with Gasteiger partial charge >= 0.3 is 0 Å². The van der Waals surface area contributed by atoms with E-state index < -0.39 is 8.07 Å². The predicted octanol–water partition coefficient (Wildman–Crippen LogP) is 15.6. The van der Waals surface area contributed by atoms with Gasteiger partial charge in [-0.1, -0.05) is 254 Å². The summed E-state index contributed by atoms with van der Waals surface area (Å²) in [5.74, 6) is 1.81. The van der Waals surface area contributed by atoms with Gasteiger partial charge in [0.05, 0.1) is 16.7 Å². The lowest BCUT2D eigenvalue weighted by atomic mass is 9.96. The minimum Gasteiger partial charge on any atom is -0.308 e. The number of aromatic nitrogens is 4. The molecule has 2 heterocycles. The molecule has 0 spiro atoms. The van der Waals surface area contributed by atoms with Crippen molar-refractivity contribution in [3.05, 3.63) is 289 Å². The van der Waals surface area contributed by atoms with Crippen LogP contribution in [0.15, 0.2) is 267 Å². The van der Waals surface area contributed by atoms with E-state index in [4.69, 9.17) is 15.0 Å². The van der Waals surface area contributed by atoms with E-state index in [1.165, 1.54) is 64.9 Å². The maximum atomic E-state index is 5.48. The van der Waals surface area contributed by atoms with Crippen LogP contribution in [0.5, 0.6) is 0 Å². The molecule has 5 heteroatoms. The number of rotatable bonds is 11. The number of nitrogens with zero attached hydrogens (tertiary/aromatic N) is 4. The Bertz CT molecular complexity index is 4080. The molecule has 0 unspecified atom stereocenters. The van der Waals surface area contributed by atoms with Crippen LogP contribution in [0.3, 0.4) is 0 Å². The molecular formula is C73H56N4Si. The van der Waals surface area contributed by atoms with E-state index in [2.05, 4.69) is 263 Å². The summed E-state index contributed by atoms with van der Waals surface area (Å²) in [4.78, 5) is 16.2. The first-order valence-electron chi connectivity index (χ1n) is 26.8. The van der Waals surface area contributed by atoms with E-state index in [0.717, 1.165) is 55.7 Å². The zero-order valence-electron chi connectivity index (χ0n) is 44.2. The van der Waals surface area contributed by atoms with Crippen LogP contribution in [0.2, 0.25) is 0 Å². The largest absolute Gasteiger partial charge is 0.308 e. The van der Waals surface area contributed by atoms with Crippen molar-refractivity contribution < 1.29 is 0 Å². The molecule has 0 fully saturated rings. The first kappa shape index (κ1) is 48.1. The summed E-state index contributed by atoms with van der Waals surface area (Å²) in [5.41, 5.74) is 17.8. The molecule has 0 bridgehead atoms. The highest BCUT2D eigenvalue weighted by Gasteiger charge is 2.41. The summed E-state index contributed by atoms with van der Waals surface area (Å²) < 4.78 is 2.46. The topological polar surface area (TPSA) is 43.6 Å². The highest BCUT2D eigenvalue weighted by molar-refractivity contribution is 7.19. The molecule has 372 valence electrons. The maximum Gasteiger partial charge on any atom is 0.179 e. The van der Waals surface area contributed by atoms with Crippen molar-refractivity contribution in [1.29, 1.82) is 0 Å². The Labute approximate surface area is 457 Å². The van der Waals surface area contributed by atoms with E-state index in [1.807, 2.05) is 36.4 Å². The van der Waals surface area contributed by atoms with E-state index in [-0.39, 0.29) is 0 Å². The molecule has 0 atom stereocenters. The second-order valence-electron chi connectivity index (χ2n) is 20.6. The number of benzene rings is 11. The van der Waals surface area contributed by atoms with Gasteiger partial charge in [-0.3, -0.25) is 0 Å². The molecule has 0 saturated heterocycles.